The van der Waals surface area contributed by atoms with Gasteiger partial charge >= 0.3 is 0 Å². The molecule has 0 bridgehead atoms. The van der Waals surface area contributed by atoms with Crippen molar-refractivity contribution < 1.29 is 4.79 Å². The highest BCUT2D eigenvalue weighted by atomic mass is 16.1. The first-order chi connectivity index (χ1) is 4.22. The molecule has 0 saturated carbocycles. The molecule has 1 atom stereocenters. The summed E-state index contributed by atoms with van der Waals surface area (Å²) in [5.41, 5.74) is 4.66. The van der Waals surface area contributed by atoms with Gasteiger partial charge < -0.3 is 5.73 Å². The Bertz CT molecular complexity index is 186. The van der Waals surface area contributed by atoms with E-state index in [0.717, 1.165) is 0 Å². The smallest absolute Gasteiger partial charge is 0.255 e. The van der Waals surface area contributed by atoms with Gasteiger partial charge in [0.2, 0.25) is 6.04 Å². The highest BCUT2D eigenvalue weighted by molar-refractivity contribution is 5.82. The number of nitrogens with two attached hydrogens (primary N) is 1. The molecule has 0 aliphatic carbocycles. The molecule has 0 heterocycles. The number of primary amides is 1. The molecule has 0 spiro atoms. The first-order valence-electron chi connectivity index (χ1n) is 2.06. The molecule has 0 rings (SSSR count). The van der Waals surface area contributed by atoms with E-state index in [0.29, 0.717) is 0 Å². The van der Waals surface area contributed by atoms with Gasteiger partial charge in [-0.15, -0.1) is 0 Å². The molecule has 9 heavy (non-hydrogen) atoms. The van der Waals surface area contributed by atoms with Gasteiger partial charge in [0.15, 0.2) is 6.19 Å². The van der Waals surface area contributed by atoms with Gasteiger partial charge in [-0.3, -0.25) is 10.1 Å². The summed E-state index contributed by atoms with van der Waals surface area (Å²) in [4.78, 5) is 10.1. The summed E-state index contributed by atoms with van der Waals surface area (Å²) >= 11 is 0. The number of hydrogen-bond acceptors (Lipinski definition) is 4. The Morgan fingerprint density at radius 2 is 2.22 bits per heavy atom. The fraction of sp³-hybridized carbons (Fsp3) is 0.250. The number of nitriles is 2. The molecule has 0 radical (unpaired) electrons. The number of hydrogen-bond donors (Lipinski definition) is 2. The summed E-state index contributed by atoms with van der Waals surface area (Å²) in [5, 5.41) is 17.9. The summed E-state index contributed by atoms with van der Waals surface area (Å²) in [6.45, 7) is 0. The molecule has 0 aromatic heterocycles. The van der Waals surface area contributed by atoms with Crippen LogP contribution in [0.4, 0.5) is 0 Å². The van der Waals surface area contributed by atoms with Crippen molar-refractivity contribution in [1.29, 1.82) is 10.5 Å². The van der Waals surface area contributed by atoms with Crippen LogP contribution >= 0.6 is 0 Å². The van der Waals surface area contributed by atoms with Gasteiger partial charge in [0.25, 0.3) is 5.91 Å². The van der Waals surface area contributed by atoms with Crippen molar-refractivity contribution in [2.24, 2.45) is 5.73 Å². The summed E-state index contributed by atoms with van der Waals surface area (Å²) in [6.07, 6.45) is 1.43. The lowest BCUT2D eigenvalue weighted by atomic mass is 10.3. The fourth-order valence-electron chi connectivity index (χ4n) is 0.232. The number of carbonyl (C=O) groups is 1. The molecule has 0 aromatic rings. The Morgan fingerprint density at radius 3 is 2.33 bits per heavy atom. The minimum Gasteiger partial charge on any atom is -0.367 e. The number of rotatable bonds is 2. The van der Waals surface area contributed by atoms with E-state index in [1.54, 1.807) is 0 Å². The molecular weight excluding hydrogens is 120 g/mol. The monoisotopic (exact) mass is 124 g/mol. The predicted octanol–water partition coefficient (Wildman–Crippen LogP) is -1.57. The Labute approximate surface area is 51.7 Å². The fourth-order valence-corrected chi connectivity index (χ4v) is 0.232. The van der Waals surface area contributed by atoms with E-state index in [4.69, 9.17) is 10.5 Å². The maximum Gasteiger partial charge on any atom is 0.255 e. The van der Waals surface area contributed by atoms with Gasteiger partial charge in [-0.25, -0.2) is 0 Å². The number of nitrogens with one attached hydrogen (secondary N) is 1. The van der Waals surface area contributed by atoms with Gasteiger partial charge in [-0.1, -0.05) is 0 Å². The van der Waals surface area contributed by atoms with Crippen LogP contribution in [0.1, 0.15) is 0 Å². The number of amides is 1. The van der Waals surface area contributed by atoms with E-state index >= 15 is 0 Å². The van der Waals surface area contributed by atoms with Crippen LogP contribution in [0, 0.1) is 22.8 Å². The highest BCUT2D eigenvalue weighted by Gasteiger charge is 2.10. The Balaban J connectivity index is 3.91. The maximum atomic E-state index is 10.1. The number of nitrogens with zero attached hydrogens (tertiary/aromatic N) is 2. The molecule has 0 aromatic carbocycles. The summed E-state index contributed by atoms with van der Waals surface area (Å²) in [6, 6.07) is 0.295. The second kappa shape index (κ2) is 3.28. The van der Waals surface area contributed by atoms with Crippen LogP contribution in [0.5, 0.6) is 0 Å². The van der Waals surface area contributed by atoms with Crippen LogP contribution in [0.15, 0.2) is 0 Å². The second-order valence-corrected chi connectivity index (χ2v) is 1.22. The van der Waals surface area contributed by atoms with Gasteiger partial charge in [0, 0.05) is 0 Å². The average Bonchev–Trinajstić information content (AvgIpc) is 1.82. The standard InChI is InChI=1S/C4H4N4O/c5-1-3(4(7)9)8-2-6/h3,8H,(H2,7,9). The normalized spacial score (nSPS) is 10.4. The Kier molecular flexibility index (Phi) is 2.64. The second-order valence-electron chi connectivity index (χ2n) is 1.22. The third-order valence-corrected chi connectivity index (χ3v) is 0.623. The minimum atomic E-state index is -1.20. The molecule has 0 saturated heterocycles. The molecule has 1 unspecified atom stereocenters. The van der Waals surface area contributed by atoms with Crippen LogP contribution in [-0.4, -0.2) is 11.9 Å². The van der Waals surface area contributed by atoms with Crippen molar-refractivity contribution in [3.05, 3.63) is 0 Å². The summed E-state index contributed by atoms with van der Waals surface area (Å²) < 4.78 is 0. The lowest BCUT2D eigenvalue weighted by molar-refractivity contribution is -0.118. The van der Waals surface area contributed by atoms with Crippen LogP contribution in [0.25, 0.3) is 0 Å². The van der Waals surface area contributed by atoms with Crippen LogP contribution in [0.2, 0.25) is 0 Å². The van der Waals surface area contributed by atoms with Crippen LogP contribution in [-0.2, 0) is 4.79 Å². The molecule has 46 valence electrons. The van der Waals surface area contributed by atoms with E-state index in [9.17, 15) is 4.79 Å². The lowest BCUT2D eigenvalue weighted by Crippen LogP contribution is -2.37. The Morgan fingerprint density at radius 1 is 1.67 bits per heavy atom. The summed E-state index contributed by atoms with van der Waals surface area (Å²) in [7, 11) is 0. The van der Waals surface area contributed by atoms with Crippen LogP contribution in [0.3, 0.4) is 0 Å². The third kappa shape index (κ3) is 2.15. The van der Waals surface area contributed by atoms with Crippen molar-refractivity contribution >= 4 is 5.91 Å². The van der Waals surface area contributed by atoms with Crippen molar-refractivity contribution in [2.75, 3.05) is 0 Å². The lowest BCUT2D eigenvalue weighted by Gasteiger charge is -1.96. The average molecular weight is 124 g/mol. The molecule has 0 aliphatic heterocycles. The first-order valence-corrected chi connectivity index (χ1v) is 2.06. The van der Waals surface area contributed by atoms with E-state index < -0.39 is 11.9 Å². The zero-order valence-electron chi connectivity index (χ0n) is 4.46. The van der Waals surface area contributed by atoms with Gasteiger partial charge in [-0.2, -0.15) is 10.5 Å². The molecule has 5 heteroatoms. The molecule has 0 aliphatic rings. The quantitative estimate of drug-likeness (QED) is 0.343. The van der Waals surface area contributed by atoms with Crippen molar-refractivity contribution in [1.82, 2.24) is 5.32 Å². The van der Waals surface area contributed by atoms with Gasteiger partial charge in [-0.05, 0) is 0 Å². The molecule has 5 nitrogen and oxygen atoms in total. The van der Waals surface area contributed by atoms with Gasteiger partial charge in [0.05, 0.1) is 6.07 Å². The molecule has 1 amide bonds. The number of carbonyl (C=O) groups excluding carboxylic acids is 1. The van der Waals surface area contributed by atoms with E-state index in [1.807, 2.05) is 5.32 Å². The molecule has 3 N–H and O–H groups in total. The summed E-state index contributed by atoms with van der Waals surface area (Å²) in [5.74, 6) is -0.848. The highest BCUT2D eigenvalue weighted by Crippen LogP contribution is 1.73. The van der Waals surface area contributed by atoms with E-state index in [1.165, 1.54) is 12.3 Å². The van der Waals surface area contributed by atoms with Gasteiger partial charge in [0.1, 0.15) is 0 Å². The molecular formula is C4H4N4O. The zero-order valence-corrected chi connectivity index (χ0v) is 4.46. The van der Waals surface area contributed by atoms with E-state index in [2.05, 4.69) is 5.73 Å². The van der Waals surface area contributed by atoms with Crippen molar-refractivity contribution in [2.45, 2.75) is 6.04 Å². The zero-order chi connectivity index (χ0) is 7.28. The Hall–Kier alpha value is -1.75. The predicted molar refractivity (Wildman–Crippen MR) is 27.3 cm³/mol. The largest absolute Gasteiger partial charge is 0.367 e. The van der Waals surface area contributed by atoms with Crippen molar-refractivity contribution in [3.8, 4) is 12.3 Å². The maximum absolute atomic E-state index is 10.1. The minimum absolute atomic E-state index is 0.848. The first kappa shape index (κ1) is 7.25. The van der Waals surface area contributed by atoms with Crippen molar-refractivity contribution in [3.63, 3.8) is 0 Å². The van der Waals surface area contributed by atoms with Crippen LogP contribution < -0.4 is 11.1 Å². The van der Waals surface area contributed by atoms with E-state index in [-0.39, 0.29) is 0 Å². The topological polar surface area (TPSA) is 103 Å². The molecule has 0 fully saturated rings. The SMILES string of the molecule is N#CNC(C#N)C(N)=O. The third-order valence-electron chi connectivity index (χ3n) is 0.623.